The van der Waals surface area contributed by atoms with Crippen LogP contribution in [0.3, 0.4) is 0 Å². The van der Waals surface area contributed by atoms with E-state index in [2.05, 4.69) is 0 Å². The summed E-state index contributed by atoms with van der Waals surface area (Å²) >= 11 is 0. The third kappa shape index (κ3) is 5.74. The first-order valence-corrected chi connectivity index (χ1v) is 14.1. The van der Waals surface area contributed by atoms with E-state index in [1.807, 2.05) is 30.3 Å². The summed E-state index contributed by atoms with van der Waals surface area (Å²) in [5, 5.41) is 0. The van der Waals surface area contributed by atoms with Gasteiger partial charge in [-0.3, -0.25) is 13.8 Å². The molecule has 2 atom stereocenters. The minimum atomic E-state index is -3.80. The largest absolute Gasteiger partial charge is 0.493 e. The van der Waals surface area contributed by atoms with E-state index >= 15 is 0 Å². The van der Waals surface area contributed by atoms with E-state index in [1.165, 1.54) is 35.1 Å². The van der Waals surface area contributed by atoms with Gasteiger partial charge in [-0.2, -0.15) is 8.42 Å². The maximum atomic E-state index is 13.9. The van der Waals surface area contributed by atoms with E-state index in [4.69, 9.17) is 13.7 Å². The third-order valence-electron chi connectivity index (χ3n) is 6.68. The van der Waals surface area contributed by atoms with Gasteiger partial charge in [0.2, 0.25) is 5.91 Å². The normalized spacial score (nSPS) is 18.9. The Morgan fingerprint density at radius 3 is 2.36 bits per heavy atom. The number of carbonyl (C=O) groups excluding carboxylic acids is 2. The van der Waals surface area contributed by atoms with E-state index in [0.717, 1.165) is 11.8 Å². The zero-order chi connectivity index (χ0) is 27.7. The molecule has 1 saturated heterocycles. The topological polar surface area (TPSA) is 102 Å². The maximum absolute atomic E-state index is 13.9. The SMILES string of the molecule is COc1cc2c(cc1OCc1ccccc1)N(Cc1ccc(F)cc1)C(=O)[C@@H]1C[C@@H](OS(C)(=O)=O)CN1C2=O. The summed E-state index contributed by atoms with van der Waals surface area (Å²) in [6.07, 6.45) is 0.0839. The molecule has 0 aliphatic carbocycles. The van der Waals surface area contributed by atoms with Crippen molar-refractivity contribution in [2.75, 3.05) is 24.8 Å². The first-order valence-electron chi connectivity index (χ1n) is 12.3. The lowest BCUT2D eigenvalue weighted by atomic mass is 10.1. The van der Waals surface area contributed by atoms with Gasteiger partial charge in [0.15, 0.2) is 11.5 Å². The Hall–Kier alpha value is -3.96. The molecular formula is C28H27FN2O7S. The number of halogens is 1. The number of fused-ring (bicyclic) bond motifs is 2. The number of amides is 2. The molecular weight excluding hydrogens is 527 g/mol. The Bertz CT molecular complexity index is 1500. The van der Waals surface area contributed by atoms with Crippen molar-refractivity contribution in [3.05, 3.63) is 89.2 Å². The first-order chi connectivity index (χ1) is 18.6. The van der Waals surface area contributed by atoms with Crippen LogP contribution in [-0.4, -0.2) is 57.2 Å². The molecule has 0 saturated carbocycles. The van der Waals surface area contributed by atoms with Gasteiger partial charge in [0.05, 0.1) is 37.3 Å². The van der Waals surface area contributed by atoms with Crippen LogP contribution in [0.2, 0.25) is 0 Å². The molecule has 2 heterocycles. The Balaban J connectivity index is 1.56. The van der Waals surface area contributed by atoms with Crippen LogP contribution < -0.4 is 14.4 Å². The molecule has 9 nitrogen and oxygen atoms in total. The highest BCUT2D eigenvalue weighted by Gasteiger charge is 2.47. The van der Waals surface area contributed by atoms with Crippen molar-refractivity contribution in [3.8, 4) is 11.5 Å². The molecule has 0 radical (unpaired) electrons. The molecule has 0 bridgehead atoms. The monoisotopic (exact) mass is 554 g/mol. The number of rotatable bonds is 8. The molecule has 0 spiro atoms. The number of methoxy groups -OCH3 is 1. The lowest BCUT2D eigenvalue weighted by molar-refractivity contribution is -0.122. The predicted octanol–water partition coefficient (Wildman–Crippen LogP) is 3.52. The Morgan fingerprint density at radius 1 is 0.974 bits per heavy atom. The van der Waals surface area contributed by atoms with Crippen molar-refractivity contribution in [3.63, 3.8) is 0 Å². The van der Waals surface area contributed by atoms with E-state index in [9.17, 15) is 22.4 Å². The number of ether oxygens (including phenoxy) is 2. The van der Waals surface area contributed by atoms with Gasteiger partial charge in [0, 0.05) is 19.0 Å². The fourth-order valence-corrected chi connectivity index (χ4v) is 5.55. The van der Waals surface area contributed by atoms with Gasteiger partial charge < -0.3 is 19.3 Å². The number of hydrogen-bond donors (Lipinski definition) is 0. The standard InChI is InChI=1S/C28H27FN2O7S/c1-36-25-13-22-23(14-26(25)37-17-19-6-4-3-5-7-19)30(15-18-8-10-20(29)11-9-18)28(33)24-12-21(38-39(2,34)35)16-31(24)27(22)32/h3-11,13-14,21,24H,12,15-17H2,1-2H3/t21-,24+/m1/s1. The zero-order valence-corrected chi connectivity index (χ0v) is 22.2. The minimum absolute atomic E-state index is 0.0139. The van der Waals surface area contributed by atoms with Crippen LogP contribution >= 0.6 is 0 Å². The van der Waals surface area contributed by atoms with Crippen LogP contribution in [-0.2, 0) is 32.2 Å². The summed E-state index contributed by atoms with van der Waals surface area (Å²) in [7, 11) is -2.35. The lowest BCUT2D eigenvalue weighted by Crippen LogP contribution is -2.44. The van der Waals surface area contributed by atoms with Crippen LogP contribution in [0, 0.1) is 5.82 Å². The Kier molecular flexibility index (Phi) is 7.28. The molecule has 2 aliphatic heterocycles. The molecule has 3 aromatic carbocycles. The van der Waals surface area contributed by atoms with Crippen LogP contribution in [0.25, 0.3) is 0 Å². The van der Waals surface area contributed by atoms with E-state index in [0.29, 0.717) is 22.7 Å². The van der Waals surface area contributed by atoms with Gasteiger partial charge in [0.25, 0.3) is 16.0 Å². The number of nitrogens with zero attached hydrogens (tertiary/aromatic N) is 2. The van der Waals surface area contributed by atoms with Gasteiger partial charge in [-0.15, -0.1) is 0 Å². The second-order valence-corrected chi connectivity index (χ2v) is 11.1. The van der Waals surface area contributed by atoms with Crippen molar-refractivity contribution < 1.29 is 36.1 Å². The Morgan fingerprint density at radius 2 is 1.69 bits per heavy atom. The highest BCUT2D eigenvalue weighted by atomic mass is 32.2. The average Bonchev–Trinajstić information content (AvgIpc) is 3.30. The number of anilines is 1. The summed E-state index contributed by atoms with van der Waals surface area (Å²) in [6.45, 7) is 0.210. The van der Waals surface area contributed by atoms with E-state index in [-0.39, 0.29) is 31.7 Å². The number of carbonyl (C=O) groups is 2. The molecule has 2 amide bonds. The Labute approximate surface area is 225 Å². The highest BCUT2D eigenvalue weighted by Crippen LogP contribution is 2.41. The molecule has 0 unspecified atom stereocenters. The summed E-state index contributed by atoms with van der Waals surface area (Å²) < 4.78 is 53.8. The van der Waals surface area contributed by atoms with Crippen LogP contribution in [0.15, 0.2) is 66.7 Å². The minimum Gasteiger partial charge on any atom is -0.493 e. The fraction of sp³-hybridized carbons (Fsp3) is 0.286. The van der Waals surface area contributed by atoms with Crippen molar-refractivity contribution >= 4 is 27.6 Å². The zero-order valence-electron chi connectivity index (χ0n) is 21.4. The number of benzene rings is 3. The van der Waals surface area contributed by atoms with Crippen LogP contribution in [0.4, 0.5) is 10.1 Å². The molecule has 39 heavy (non-hydrogen) atoms. The van der Waals surface area contributed by atoms with Gasteiger partial charge >= 0.3 is 0 Å². The summed E-state index contributed by atoms with van der Waals surface area (Å²) in [6, 6.07) is 17.4. The second-order valence-electron chi connectivity index (χ2n) is 9.48. The summed E-state index contributed by atoms with van der Waals surface area (Å²) in [5.74, 6) is -0.651. The molecule has 5 rings (SSSR count). The molecule has 2 aliphatic rings. The maximum Gasteiger partial charge on any atom is 0.264 e. The van der Waals surface area contributed by atoms with Crippen molar-refractivity contribution in [1.82, 2.24) is 4.90 Å². The van der Waals surface area contributed by atoms with Crippen molar-refractivity contribution in [2.24, 2.45) is 0 Å². The van der Waals surface area contributed by atoms with E-state index < -0.39 is 39.9 Å². The number of hydrogen-bond acceptors (Lipinski definition) is 7. The smallest absolute Gasteiger partial charge is 0.264 e. The van der Waals surface area contributed by atoms with Crippen molar-refractivity contribution in [2.45, 2.75) is 31.7 Å². The van der Waals surface area contributed by atoms with Gasteiger partial charge in [-0.05, 0) is 29.3 Å². The molecule has 1 fully saturated rings. The molecule has 0 N–H and O–H groups in total. The summed E-state index contributed by atoms with van der Waals surface area (Å²) in [4.78, 5) is 30.5. The van der Waals surface area contributed by atoms with Gasteiger partial charge in [-0.1, -0.05) is 42.5 Å². The predicted molar refractivity (Wildman–Crippen MR) is 141 cm³/mol. The quantitative estimate of drug-likeness (QED) is 0.393. The average molecular weight is 555 g/mol. The molecule has 11 heteroatoms. The third-order valence-corrected chi connectivity index (χ3v) is 7.30. The fourth-order valence-electron chi connectivity index (χ4n) is 4.91. The first kappa shape index (κ1) is 26.6. The lowest BCUT2D eigenvalue weighted by Gasteiger charge is -2.26. The van der Waals surface area contributed by atoms with E-state index in [1.54, 1.807) is 18.2 Å². The highest BCUT2D eigenvalue weighted by molar-refractivity contribution is 7.86. The van der Waals surface area contributed by atoms with Crippen molar-refractivity contribution in [1.29, 1.82) is 0 Å². The molecule has 204 valence electrons. The second kappa shape index (κ2) is 10.7. The van der Waals surface area contributed by atoms with Gasteiger partial charge in [0.1, 0.15) is 18.5 Å². The summed E-state index contributed by atoms with van der Waals surface area (Å²) in [5.41, 5.74) is 2.06. The molecule has 0 aromatic heterocycles. The van der Waals surface area contributed by atoms with Gasteiger partial charge in [-0.25, -0.2) is 4.39 Å². The van der Waals surface area contributed by atoms with Crippen LogP contribution in [0.1, 0.15) is 27.9 Å². The molecule has 3 aromatic rings. The van der Waals surface area contributed by atoms with Crippen LogP contribution in [0.5, 0.6) is 11.5 Å².